The van der Waals surface area contributed by atoms with Crippen molar-refractivity contribution in [2.75, 3.05) is 5.73 Å². The zero-order chi connectivity index (χ0) is 23.2. The summed E-state index contributed by atoms with van der Waals surface area (Å²) in [5.41, 5.74) is 4.45. The number of halogens is 3. The molecule has 0 bridgehead atoms. The van der Waals surface area contributed by atoms with Gasteiger partial charge in [-0.05, 0) is 25.5 Å². The Bertz CT molecular complexity index is 1060. The second-order valence-corrected chi connectivity index (χ2v) is 7.25. The van der Waals surface area contributed by atoms with E-state index in [0.29, 0.717) is 5.01 Å². The molecule has 0 saturated carbocycles. The predicted octanol–water partition coefficient (Wildman–Crippen LogP) is 3.14. The third-order valence-corrected chi connectivity index (χ3v) is 4.85. The van der Waals surface area contributed by atoms with Gasteiger partial charge < -0.3 is 16.4 Å². The van der Waals surface area contributed by atoms with Crippen molar-refractivity contribution in [3.8, 4) is 0 Å². The highest BCUT2D eigenvalue weighted by atomic mass is 32.1. The lowest BCUT2D eigenvalue weighted by Crippen LogP contribution is -2.24. The minimum Gasteiger partial charge on any atom is -0.384 e. The molecule has 0 aliphatic rings. The summed E-state index contributed by atoms with van der Waals surface area (Å²) >= 11 is 0.968. The number of allylic oxidation sites excluding steroid dienone is 4. The molecule has 0 aliphatic heterocycles. The van der Waals surface area contributed by atoms with Crippen LogP contribution in [0.15, 0.2) is 54.2 Å². The van der Waals surface area contributed by atoms with Crippen molar-refractivity contribution in [2.24, 2.45) is 0 Å². The van der Waals surface area contributed by atoms with Crippen LogP contribution in [0.4, 0.5) is 19.0 Å². The van der Waals surface area contributed by atoms with Crippen LogP contribution in [0.3, 0.4) is 0 Å². The fraction of sp³-hybridized carbons (Fsp3) is 0.211. The lowest BCUT2D eigenvalue weighted by molar-refractivity contribution is -0.0894. The van der Waals surface area contributed by atoms with Gasteiger partial charge in [0, 0.05) is 11.8 Å². The highest BCUT2D eigenvalue weighted by Crippen LogP contribution is 2.31. The van der Waals surface area contributed by atoms with Gasteiger partial charge in [-0.1, -0.05) is 12.7 Å². The van der Waals surface area contributed by atoms with Crippen molar-refractivity contribution >= 4 is 29.0 Å². The second kappa shape index (κ2) is 9.98. The molecule has 0 unspecified atom stereocenters. The summed E-state index contributed by atoms with van der Waals surface area (Å²) in [5, 5.41) is 5.28. The van der Waals surface area contributed by atoms with Crippen LogP contribution >= 0.6 is 11.3 Å². The highest BCUT2D eigenvalue weighted by Gasteiger charge is 2.34. The maximum Gasteiger partial charge on any atom is 0.416 e. The number of amides is 2. The van der Waals surface area contributed by atoms with Crippen LogP contribution in [0.2, 0.25) is 0 Å². The lowest BCUT2D eigenvalue weighted by Gasteiger charge is -2.13. The molecule has 164 valence electrons. The first-order chi connectivity index (χ1) is 14.5. The molecule has 2 amide bonds. The number of thiazole rings is 1. The van der Waals surface area contributed by atoms with Crippen LogP contribution in [0.1, 0.15) is 39.0 Å². The van der Waals surface area contributed by atoms with Crippen molar-refractivity contribution < 1.29 is 22.8 Å². The molecular weight excluding hydrogens is 433 g/mol. The molecule has 4 N–H and O–H groups in total. The molecule has 0 aliphatic carbocycles. The summed E-state index contributed by atoms with van der Waals surface area (Å²) in [6.45, 7) is 6.27. The first kappa shape index (κ1) is 23.7. The number of nitrogen functional groups attached to an aromatic ring is 1. The Morgan fingerprint density at radius 1 is 1.26 bits per heavy atom. The zero-order valence-electron chi connectivity index (χ0n) is 16.6. The smallest absolute Gasteiger partial charge is 0.384 e. The fourth-order valence-electron chi connectivity index (χ4n) is 2.23. The number of aromatic nitrogens is 3. The minimum atomic E-state index is -4.59. The van der Waals surface area contributed by atoms with Gasteiger partial charge >= 0.3 is 6.18 Å². The number of nitrogens with two attached hydrogens (primary N) is 1. The van der Waals surface area contributed by atoms with E-state index < -0.39 is 23.6 Å². The SMILES string of the molecule is C=C(/C=C(\C(C)=C/C)C(F)(F)F)NC(=O)c1cnc(CNC(=O)c2cc(N)ncn2)s1. The summed E-state index contributed by atoms with van der Waals surface area (Å²) in [5.74, 6) is -1.03. The van der Waals surface area contributed by atoms with Gasteiger partial charge in [-0.25, -0.2) is 15.0 Å². The quantitative estimate of drug-likeness (QED) is 0.555. The van der Waals surface area contributed by atoms with E-state index in [2.05, 4.69) is 32.2 Å². The molecular formula is C19H19F3N6O2S. The first-order valence-electron chi connectivity index (χ1n) is 8.74. The van der Waals surface area contributed by atoms with E-state index in [1.165, 1.54) is 32.2 Å². The van der Waals surface area contributed by atoms with Crippen LogP contribution in [0.5, 0.6) is 0 Å². The Kier molecular flexibility index (Phi) is 7.64. The maximum atomic E-state index is 13.2. The number of nitrogens with one attached hydrogen (secondary N) is 2. The van der Waals surface area contributed by atoms with Crippen molar-refractivity contribution in [2.45, 2.75) is 26.6 Å². The Balaban J connectivity index is 2.00. The van der Waals surface area contributed by atoms with E-state index in [1.54, 1.807) is 0 Å². The molecule has 8 nitrogen and oxygen atoms in total. The predicted molar refractivity (Wildman–Crippen MR) is 110 cm³/mol. The summed E-state index contributed by atoms with van der Waals surface area (Å²) in [4.78, 5) is 36.0. The molecule has 0 radical (unpaired) electrons. The lowest BCUT2D eigenvalue weighted by atomic mass is 10.1. The molecule has 2 heterocycles. The number of hydrogen-bond donors (Lipinski definition) is 3. The maximum absolute atomic E-state index is 13.2. The summed E-state index contributed by atoms with van der Waals surface area (Å²) in [7, 11) is 0. The van der Waals surface area contributed by atoms with Crippen LogP contribution in [0, 0.1) is 0 Å². The number of carbonyl (C=O) groups excluding carboxylic acids is 2. The molecule has 0 fully saturated rings. The highest BCUT2D eigenvalue weighted by molar-refractivity contribution is 7.13. The van der Waals surface area contributed by atoms with E-state index >= 15 is 0 Å². The molecule has 12 heteroatoms. The molecule has 31 heavy (non-hydrogen) atoms. The van der Waals surface area contributed by atoms with Crippen molar-refractivity contribution in [1.29, 1.82) is 0 Å². The van der Waals surface area contributed by atoms with E-state index in [4.69, 9.17) is 5.73 Å². The third kappa shape index (κ3) is 6.74. The van der Waals surface area contributed by atoms with Crippen molar-refractivity contribution in [3.63, 3.8) is 0 Å². The number of anilines is 1. The topological polar surface area (TPSA) is 123 Å². The molecule has 0 spiro atoms. The number of nitrogens with zero attached hydrogens (tertiary/aromatic N) is 3. The van der Waals surface area contributed by atoms with E-state index in [1.807, 2.05) is 0 Å². The third-order valence-electron chi connectivity index (χ3n) is 3.85. The van der Waals surface area contributed by atoms with Crippen LogP contribution in [-0.4, -0.2) is 32.9 Å². The van der Waals surface area contributed by atoms with Gasteiger partial charge in [-0.3, -0.25) is 9.59 Å². The minimum absolute atomic E-state index is 0.00385. The van der Waals surface area contributed by atoms with E-state index in [0.717, 1.165) is 23.7 Å². The Labute approximate surface area is 179 Å². The van der Waals surface area contributed by atoms with Gasteiger partial charge in [0.2, 0.25) is 0 Å². The standard InChI is InChI=1S/C19H19F3N6O2S/c1-4-10(2)12(19(20,21)22)5-11(3)28-18(30)14-7-24-16(31-14)8-25-17(29)13-6-15(23)27-9-26-13/h4-7,9H,3,8H2,1-2H3,(H,25,29)(H,28,30)(H2,23,26,27)/b10-4-,12-5+. The Morgan fingerprint density at radius 2 is 1.97 bits per heavy atom. The van der Waals surface area contributed by atoms with Crippen LogP contribution in [-0.2, 0) is 6.54 Å². The monoisotopic (exact) mass is 452 g/mol. The fourth-order valence-corrected chi connectivity index (χ4v) is 2.99. The molecule has 0 saturated heterocycles. The number of carbonyl (C=O) groups is 2. The molecule has 2 rings (SSSR count). The zero-order valence-corrected chi connectivity index (χ0v) is 17.4. The van der Waals surface area contributed by atoms with Gasteiger partial charge in [0.1, 0.15) is 27.7 Å². The Hall–Kier alpha value is -3.54. The molecule has 2 aromatic rings. The normalized spacial score (nSPS) is 12.4. The largest absolute Gasteiger partial charge is 0.416 e. The van der Waals surface area contributed by atoms with Gasteiger partial charge in [0.15, 0.2) is 0 Å². The van der Waals surface area contributed by atoms with Gasteiger partial charge in [0.05, 0.1) is 18.3 Å². The molecule has 2 aromatic heterocycles. The summed E-state index contributed by atoms with van der Waals surface area (Å²) < 4.78 is 39.5. The Morgan fingerprint density at radius 3 is 2.58 bits per heavy atom. The van der Waals surface area contributed by atoms with Crippen molar-refractivity contribution in [3.05, 3.63) is 69.7 Å². The van der Waals surface area contributed by atoms with Gasteiger partial charge in [0.25, 0.3) is 11.8 Å². The van der Waals surface area contributed by atoms with Crippen molar-refractivity contribution in [1.82, 2.24) is 25.6 Å². The number of alkyl halides is 3. The second-order valence-electron chi connectivity index (χ2n) is 6.14. The van der Waals surface area contributed by atoms with E-state index in [-0.39, 0.29) is 34.2 Å². The van der Waals surface area contributed by atoms with Gasteiger partial charge in [-0.2, -0.15) is 13.2 Å². The van der Waals surface area contributed by atoms with E-state index in [9.17, 15) is 22.8 Å². The number of rotatable bonds is 7. The first-order valence-corrected chi connectivity index (χ1v) is 9.55. The molecule has 0 aromatic carbocycles. The van der Waals surface area contributed by atoms with Gasteiger partial charge in [-0.15, -0.1) is 11.3 Å². The van der Waals surface area contributed by atoms with Crippen LogP contribution in [0.25, 0.3) is 0 Å². The molecule has 0 atom stereocenters. The average Bonchev–Trinajstić information content (AvgIpc) is 3.18. The number of hydrogen-bond acceptors (Lipinski definition) is 7. The summed E-state index contributed by atoms with van der Waals surface area (Å²) in [6, 6.07) is 1.31. The average molecular weight is 452 g/mol. The summed E-state index contributed by atoms with van der Waals surface area (Å²) in [6.07, 6.45) is -0.103. The van der Waals surface area contributed by atoms with Crippen LogP contribution < -0.4 is 16.4 Å².